The zero-order valence-corrected chi connectivity index (χ0v) is 8.45. The van der Waals surface area contributed by atoms with Crippen molar-refractivity contribution in [1.29, 1.82) is 0 Å². The van der Waals surface area contributed by atoms with Crippen LogP contribution in [-0.2, 0) is 10.2 Å². The molecule has 3 heteroatoms. The van der Waals surface area contributed by atoms with E-state index in [1.54, 1.807) is 12.1 Å². The number of carbonyl (C=O) groups is 1. The third kappa shape index (κ3) is 2.49. The second kappa shape index (κ2) is 4.13. The van der Waals surface area contributed by atoms with Crippen molar-refractivity contribution >= 4 is 6.41 Å². The summed E-state index contributed by atoms with van der Waals surface area (Å²) >= 11 is 0. The zero-order valence-electron chi connectivity index (χ0n) is 8.45. The first kappa shape index (κ1) is 10.6. The molecule has 14 heavy (non-hydrogen) atoms. The molecular weight excluding hydrogens is 178 g/mol. The number of aromatic hydroxyl groups is 1. The van der Waals surface area contributed by atoms with Crippen molar-refractivity contribution in [1.82, 2.24) is 5.32 Å². The first-order valence-corrected chi connectivity index (χ1v) is 4.53. The molecule has 1 rings (SSSR count). The molecule has 0 radical (unpaired) electrons. The molecule has 0 aliphatic rings. The molecule has 0 saturated carbocycles. The van der Waals surface area contributed by atoms with Crippen LogP contribution in [-0.4, -0.2) is 18.1 Å². The third-order valence-electron chi connectivity index (χ3n) is 2.28. The molecule has 0 bridgehead atoms. The highest BCUT2D eigenvalue weighted by atomic mass is 16.3. The smallest absolute Gasteiger partial charge is 0.207 e. The average Bonchev–Trinajstić information content (AvgIpc) is 2.16. The Hall–Kier alpha value is -1.51. The fourth-order valence-corrected chi connectivity index (χ4v) is 1.31. The minimum atomic E-state index is -0.116. The van der Waals surface area contributed by atoms with E-state index in [1.165, 1.54) is 0 Å². The molecule has 0 atom stereocenters. The van der Waals surface area contributed by atoms with Crippen LogP contribution in [0.3, 0.4) is 0 Å². The van der Waals surface area contributed by atoms with Gasteiger partial charge >= 0.3 is 0 Å². The van der Waals surface area contributed by atoms with Gasteiger partial charge in [-0.3, -0.25) is 4.79 Å². The van der Waals surface area contributed by atoms with E-state index < -0.39 is 0 Å². The summed E-state index contributed by atoms with van der Waals surface area (Å²) in [4.78, 5) is 10.2. The summed E-state index contributed by atoms with van der Waals surface area (Å²) in [5, 5.41) is 11.8. The van der Waals surface area contributed by atoms with E-state index in [2.05, 4.69) is 5.32 Å². The topological polar surface area (TPSA) is 49.3 Å². The van der Waals surface area contributed by atoms with E-state index in [9.17, 15) is 4.79 Å². The maximum Gasteiger partial charge on any atom is 0.207 e. The lowest BCUT2D eigenvalue weighted by atomic mass is 9.84. The van der Waals surface area contributed by atoms with Crippen LogP contribution in [0.5, 0.6) is 5.75 Å². The van der Waals surface area contributed by atoms with Crippen molar-refractivity contribution in [2.45, 2.75) is 19.3 Å². The van der Waals surface area contributed by atoms with E-state index in [0.717, 1.165) is 5.56 Å². The molecule has 0 unspecified atom stereocenters. The van der Waals surface area contributed by atoms with Crippen molar-refractivity contribution in [3.8, 4) is 5.75 Å². The van der Waals surface area contributed by atoms with Crippen LogP contribution in [0.1, 0.15) is 19.4 Å². The predicted octanol–water partition coefficient (Wildman–Crippen LogP) is 1.42. The summed E-state index contributed by atoms with van der Waals surface area (Å²) in [6.45, 7) is 4.66. The number of nitrogens with one attached hydrogen (secondary N) is 1. The normalized spacial score (nSPS) is 11.0. The molecule has 0 aliphatic carbocycles. The van der Waals surface area contributed by atoms with Gasteiger partial charge in [0.2, 0.25) is 6.41 Å². The third-order valence-corrected chi connectivity index (χ3v) is 2.28. The second-order valence-corrected chi connectivity index (χ2v) is 3.93. The molecule has 3 nitrogen and oxygen atoms in total. The van der Waals surface area contributed by atoms with E-state index in [0.29, 0.717) is 13.0 Å². The Balaban J connectivity index is 2.80. The number of hydrogen-bond donors (Lipinski definition) is 2. The Morgan fingerprint density at radius 3 is 2.43 bits per heavy atom. The predicted molar refractivity (Wildman–Crippen MR) is 55.2 cm³/mol. The lowest BCUT2D eigenvalue weighted by Crippen LogP contribution is -2.32. The van der Waals surface area contributed by atoms with Gasteiger partial charge in [0.05, 0.1) is 0 Å². The first-order valence-electron chi connectivity index (χ1n) is 4.53. The fourth-order valence-electron chi connectivity index (χ4n) is 1.31. The summed E-state index contributed by atoms with van der Waals surface area (Å²) in [5.41, 5.74) is 0.971. The van der Waals surface area contributed by atoms with Crippen LogP contribution >= 0.6 is 0 Å². The van der Waals surface area contributed by atoms with E-state index >= 15 is 0 Å². The second-order valence-electron chi connectivity index (χ2n) is 3.93. The molecule has 2 N–H and O–H groups in total. The van der Waals surface area contributed by atoms with E-state index in [1.807, 2.05) is 26.0 Å². The molecular formula is C11H15NO2. The molecule has 0 fully saturated rings. The number of carbonyl (C=O) groups excluding carboxylic acids is 1. The summed E-state index contributed by atoms with van der Waals surface area (Å²) in [6.07, 6.45) is 0.697. The van der Waals surface area contributed by atoms with Gasteiger partial charge in [0.25, 0.3) is 0 Å². The monoisotopic (exact) mass is 193 g/mol. The van der Waals surface area contributed by atoms with Gasteiger partial charge in [-0.1, -0.05) is 26.0 Å². The van der Waals surface area contributed by atoms with E-state index in [4.69, 9.17) is 5.11 Å². The van der Waals surface area contributed by atoms with Gasteiger partial charge in [-0.2, -0.15) is 0 Å². The lowest BCUT2D eigenvalue weighted by Gasteiger charge is -2.24. The number of phenols is 1. The number of hydrogen-bond acceptors (Lipinski definition) is 2. The fraction of sp³-hybridized carbons (Fsp3) is 0.364. The van der Waals surface area contributed by atoms with Gasteiger partial charge in [-0.05, 0) is 17.7 Å². The van der Waals surface area contributed by atoms with Crippen LogP contribution in [0, 0.1) is 0 Å². The maximum absolute atomic E-state index is 10.2. The highest BCUT2D eigenvalue weighted by Crippen LogP contribution is 2.23. The number of amides is 1. The Morgan fingerprint density at radius 2 is 1.93 bits per heavy atom. The number of benzene rings is 1. The lowest BCUT2D eigenvalue weighted by molar-refractivity contribution is -0.109. The largest absolute Gasteiger partial charge is 0.508 e. The molecule has 0 spiro atoms. The molecule has 1 amide bonds. The standard InChI is InChI=1S/C11H15NO2/c1-11(2,7-12-8-13)9-3-5-10(14)6-4-9/h3-6,8,14H,7H2,1-2H3,(H,12,13). The Labute approximate surface area is 83.8 Å². The van der Waals surface area contributed by atoms with E-state index in [-0.39, 0.29) is 11.2 Å². The van der Waals surface area contributed by atoms with Crippen LogP contribution in [0.25, 0.3) is 0 Å². The quantitative estimate of drug-likeness (QED) is 0.710. The average molecular weight is 193 g/mol. The van der Waals surface area contributed by atoms with Gasteiger partial charge in [-0.15, -0.1) is 0 Å². The maximum atomic E-state index is 10.2. The molecule has 0 aromatic heterocycles. The molecule has 0 aliphatic heterocycles. The summed E-state index contributed by atoms with van der Waals surface area (Å²) < 4.78 is 0. The number of rotatable bonds is 4. The van der Waals surface area contributed by atoms with Gasteiger partial charge in [-0.25, -0.2) is 0 Å². The Morgan fingerprint density at radius 1 is 1.36 bits per heavy atom. The SMILES string of the molecule is CC(C)(CNC=O)c1ccc(O)cc1. The Kier molecular flexibility index (Phi) is 3.12. The Bertz CT molecular complexity index is 304. The highest BCUT2D eigenvalue weighted by molar-refractivity contribution is 5.46. The van der Waals surface area contributed by atoms with Crippen LogP contribution in [0.4, 0.5) is 0 Å². The molecule has 0 saturated heterocycles. The molecule has 0 heterocycles. The summed E-state index contributed by atoms with van der Waals surface area (Å²) in [7, 11) is 0. The van der Waals surface area contributed by atoms with Crippen LogP contribution in [0.2, 0.25) is 0 Å². The molecule has 1 aromatic carbocycles. The van der Waals surface area contributed by atoms with Crippen molar-refractivity contribution in [3.63, 3.8) is 0 Å². The first-order chi connectivity index (χ1) is 6.56. The van der Waals surface area contributed by atoms with Gasteiger partial charge in [0, 0.05) is 12.0 Å². The zero-order chi connectivity index (χ0) is 10.6. The molecule has 76 valence electrons. The van der Waals surface area contributed by atoms with Crippen LogP contribution < -0.4 is 5.32 Å². The van der Waals surface area contributed by atoms with Crippen LogP contribution in [0.15, 0.2) is 24.3 Å². The van der Waals surface area contributed by atoms with Crippen molar-refractivity contribution in [3.05, 3.63) is 29.8 Å². The minimum Gasteiger partial charge on any atom is -0.508 e. The van der Waals surface area contributed by atoms with Gasteiger partial charge < -0.3 is 10.4 Å². The van der Waals surface area contributed by atoms with Crippen molar-refractivity contribution in [2.75, 3.05) is 6.54 Å². The highest BCUT2D eigenvalue weighted by Gasteiger charge is 2.19. The van der Waals surface area contributed by atoms with Crippen molar-refractivity contribution in [2.24, 2.45) is 0 Å². The number of phenolic OH excluding ortho intramolecular Hbond substituents is 1. The minimum absolute atomic E-state index is 0.116. The summed E-state index contributed by atoms with van der Waals surface area (Å²) in [5.74, 6) is 0.257. The molecule has 1 aromatic rings. The van der Waals surface area contributed by atoms with Gasteiger partial charge in [0.15, 0.2) is 0 Å². The van der Waals surface area contributed by atoms with Gasteiger partial charge in [0.1, 0.15) is 5.75 Å². The summed E-state index contributed by atoms with van der Waals surface area (Å²) in [6, 6.07) is 7.03. The van der Waals surface area contributed by atoms with Crippen molar-refractivity contribution < 1.29 is 9.90 Å².